The zero-order valence-electron chi connectivity index (χ0n) is 24.9. The molecule has 3 saturated carbocycles. The number of fused-ring (bicyclic) bond motifs is 5. The normalized spacial score (nSPS) is 35.6. The van der Waals surface area contributed by atoms with Gasteiger partial charge in [0, 0.05) is 5.69 Å². The Bertz CT molecular complexity index is 1090. The van der Waals surface area contributed by atoms with Crippen molar-refractivity contribution in [2.24, 2.45) is 51.4 Å². The third-order valence-corrected chi connectivity index (χ3v) is 11.8. The highest BCUT2D eigenvalue weighted by Crippen LogP contribution is 2.67. The van der Waals surface area contributed by atoms with Crippen molar-refractivity contribution in [1.82, 2.24) is 5.43 Å². The van der Waals surface area contributed by atoms with Gasteiger partial charge in [-0.2, -0.15) is 5.10 Å². The number of nitrogens with zero attached hydrogens (tertiary/aromatic N) is 1. The third kappa shape index (κ3) is 5.85. The molecule has 0 bridgehead atoms. The van der Waals surface area contributed by atoms with E-state index in [1.807, 2.05) is 0 Å². The Morgan fingerprint density at radius 2 is 1.77 bits per heavy atom. The molecule has 0 amide bonds. The van der Waals surface area contributed by atoms with Crippen LogP contribution in [0.1, 0.15) is 105 Å². The first kappa shape index (κ1) is 28.8. The number of allylic oxidation sites excluding steroid dienone is 2. The summed E-state index contributed by atoms with van der Waals surface area (Å²) in [6, 6.07) is 6.21. The molecule has 5 heteroatoms. The van der Waals surface area contributed by atoms with Crippen molar-refractivity contribution in [3.05, 3.63) is 41.7 Å². The summed E-state index contributed by atoms with van der Waals surface area (Å²) in [5.74, 6) is 4.99. The topological polar surface area (TPSA) is 36.4 Å². The van der Waals surface area contributed by atoms with E-state index >= 15 is 0 Å². The lowest BCUT2D eigenvalue weighted by Gasteiger charge is -2.58. The standard InChI is InChI=1S/C34H50FN3S/c1-22(2)7-6-8-23(3)29-15-16-30-28-14-9-24-21-27(17-19-33(24,4)31(28)18-20-34(29,30)5)37-38-32(39)36-26-12-10-25(35)11-13-26/h10-13,21-23,28-31H,6-9,14-20H2,1-5H3,(H2,36,38,39). The minimum absolute atomic E-state index is 0.256. The summed E-state index contributed by atoms with van der Waals surface area (Å²) in [6.45, 7) is 12.6. The van der Waals surface area contributed by atoms with Gasteiger partial charge in [0.15, 0.2) is 5.11 Å². The molecule has 4 aliphatic rings. The molecule has 4 aliphatic carbocycles. The molecule has 39 heavy (non-hydrogen) atoms. The monoisotopic (exact) mass is 551 g/mol. The van der Waals surface area contributed by atoms with Crippen molar-refractivity contribution >= 4 is 28.7 Å². The van der Waals surface area contributed by atoms with Gasteiger partial charge in [-0.05, 0) is 140 Å². The third-order valence-electron chi connectivity index (χ3n) is 11.6. The molecule has 7 unspecified atom stereocenters. The molecule has 5 rings (SSSR count). The predicted octanol–water partition coefficient (Wildman–Crippen LogP) is 9.51. The minimum Gasteiger partial charge on any atom is -0.331 e. The Balaban J connectivity index is 1.22. The maximum atomic E-state index is 13.2. The van der Waals surface area contributed by atoms with E-state index in [9.17, 15) is 4.39 Å². The van der Waals surface area contributed by atoms with Crippen molar-refractivity contribution in [1.29, 1.82) is 0 Å². The molecule has 0 radical (unpaired) electrons. The average molecular weight is 552 g/mol. The lowest BCUT2D eigenvalue weighted by atomic mass is 9.46. The quantitative estimate of drug-likeness (QED) is 0.262. The van der Waals surface area contributed by atoms with E-state index in [0.29, 0.717) is 15.9 Å². The van der Waals surface area contributed by atoms with Crippen LogP contribution in [-0.4, -0.2) is 10.8 Å². The van der Waals surface area contributed by atoms with Crippen LogP contribution >= 0.6 is 12.2 Å². The van der Waals surface area contributed by atoms with Crippen LogP contribution in [0.25, 0.3) is 0 Å². The molecule has 0 saturated heterocycles. The number of hydrazone groups is 1. The first-order chi connectivity index (χ1) is 18.6. The minimum atomic E-state index is -0.256. The Labute approximate surface area is 241 Å². The molecule has 0 spiro atoms. The van der Waals surface area contributed by atoms with Gasteiger partial charge in [0.25, 0.3) is 0 Å². The van der Waals surface area contributed by atoms with Crippen LogP contribution in [0.15, 0.2) is 41.0 Å². The van der Waals surface area contributed by atoms with E-state index < -0.39 is 0 Å². The van der Waals surface area contributed by atoms with Gasteiger partial charge in [-0.25, -0.2) is 4.39 Å². The van der Waals surface area contributed by atoms with Crippen LogP contribution < -0.4 is 10.7 Å². The summed E-state index contributed by atoms with van der Waals surface area (Å²) in [7, 11) is 0. The average Bonchev–Trinajstić information content (AvgIpc) is 3.26. The molecule has 3 fully saturated rings. The van der Waals surface area contributed by atoms with Gasteiger partial charge in [0.1, 0.15) is 5.82 Å². The lowest BCUT2D eigenvalue weighted by Crippen LogP contribution is -2.51. The molecule has 3 nitrogen and oxygen atoms in total. The van der Waals surface area contributed by atoms with Crippen molar-refractivity contribution in [3.8, 4) is 0 Å². The molecular formula is C34H50FN3S. The van der Waals surface area contributed by atoms with Gasteiger partial charge in [-0.1, -0.05) is 59.5 Å². The maximum Gasteiger partial charge on any atom is 0.191 e. The molecule has 2 N–H and O–H groups in total. The zero-order valence-corrected chi connectivity index (χ0v) is 25.7. The van der Waals surface area contributed by atoms with Gasteiger partial charge in [0.05, 0.1) is 5.71 Å². The van der Waals surface area contributed by atoms with E-state index in [2.05, 4.69) is 56.5 Å². The molecule has 7 atom stereocenters. The number of thiocarbonyl (C=S) groups is 1. The number of benzene rings is 1. The Hall–Kier alpha value is -1.75. The Morgan fingerprint density at radius 3 is 2.51 bits per heavy atom. The fourth-order valence-corrected chi connectivity index (χ4v) is 9.66. The number of hydrogen-bond donors (Lipinski definition) is 2. The van der Waals surface area contributed by atoms with Gasteiger partial charge in [-0.3, -0.25) is 5.43 Å². The van der Waals surface area contributed by atoms with E-state index in [4.69, 9.17) is 12.2 Å². The Morgan fingerprint density at radius 1 is 1.00 bits per heavy atom. The van der Waals surface area contributed by atoms with Crippen LogP contribution in [0.2, 0.25) is 0 Å². The highest BCUT2D eigenvalue weighted by molar-refractivity contribution is 7.80. The van der Waals surface area contributed by atoms with Crippen molar-refractivity contribution in [3.63, 3.8) is 0 Å². The molecular weight excluding hydrogens is 501 g/mol. The van der Waals surface area contributed by atoms with Gasteiger partial charge in [-0.15, -0.1) is 0 Å². The Kier molecular flexibility index (Phi) is 8.57. The molecule has 1 aromatic rings. The van der Waals surface area contributed by atoms with E-state index in [-0.39, 0.29) is 5.82 Å². The fourth-order valence-electron chi connectivity index (χ4n) is 9.50. The smallest absolute Gasteiger partial charge is 0.191 e. The van der Waals surface area contributed by atoms with Crippen molar-refractivity contribution in [2.45, 2.75) is 105 Å². The molecule has 214 valence electrons. The summed E-state index contributed by atoms with van der Waals surface area (Å²) in [5.41, 5.74) is 7.36. The second-order valence-electron chi connectivity index (χ2n) is 14.2. The van der Waals surface area contributed by atoms with Crippen LogP contribution in [-0.2, 0) is 0 Å². The molecule has 0 aromatic heterocycles. The molecule has 0 aliphatic heterocycles. The second kappa shape index (κ2) is 11.6. The van der Waals surface area contributed by atoms with Gasteiger partial charge in [0.2, 0.25) is 0 Å². The summed E-state index contributed by atoms with van der Waals surface area (Å²) >= 11 is 5.42. The number of anilines is 1. The lowest BCUT2D eigenvalue weighted by molar-refractivity contribution is -0.0573. The van der Waals surface area contributed by atoms with Crippen LogP contribution in [0.5, 0.6) is 0 Å². The number of hydrogen-bond acceptors (Lipinski definition) is 2. The number of halogens is 1. The van der Waals surface area contributed by atoms with E-state index in [1.54, 1.807) is 17.7 Å². The first-order valence-corrected chi connectivity index (χ1v) is 16.1. The highest BCUT2D eigenvalue weighted by Gasteiger charge is 2.59. The fraction of sp³-hybridized carbons (Fsp3) is 0.706. The SMILES string of the molecule is CC(C)CCCC(C)C1CCC2C3CCC4=CC(=NNC(=S)Nc5ccc(F)cc5)CCC4(C)C3CCC12C. The van der Waals surface area contributed by atoms with Crippen LogP contribution in [0.3, 0.4) is 0 Å². The number of rotatable bonds is 7. The van der Waals surface area contributed by atoms with E-state index in [1.165, 1.54) is 76.3 Å². The predicted molar refractivity (Wildman–Crippen MR) is 166 cm³/mol. The van der Waals surface area contributed by atoms with E-state index in [0.717, 1.165) is 53.3 Å². The summed E-state index contributed by atoms with van der Waals surface area (Å²) in [6.07, 6.45) is 17.1. The van der Waals surface area contributed by atoms with Crippen LogP contribution in [0.4, 0.5) is 10.1 Å². The largest absolute Gasteiger partial charge is 0.331 e. The summed E-state index contributed by atoms with van der Waals surface area (Å²) in [4.78, 5) is 0. The van der Waals surface area contributed by atoms with Crippen LogP contribution in [0, 0.1) is 52.2 Å². The first-order valence-electron chi connectivity index (χ1n) is 15.7. The summed E-state index contributed by atoms with van der Waals surface area (Å²) < 4.78 is 13.2. The number of nitrogens with one attached hydrogen (secondary N) is 2. The van der Waals surface area contributed by atoms with Gasteiger partial charge < -0.3 is 5.32 Å². The van der Waals surface area contributed by atoms with Gasteiger partial charge >= 0.3 is 0 Å². The molecule has 0 heterocycles. The van der Waals surface area contributed by atoms with Crippen molar-refractivity contribution < 1.29 is 4.39 Å². The zero-order chi connectivity index (χ0) is 27.8. The highest BCUT2D eigenvalue weighted by atomic mass is 32.1. The van der Waals surface area contributed by atoms with Crippen molar-refractivity contribution in [2.75, 3.05) is 5.32 Å². The summed E-state index contributed by atoms with van der Waals surface area (Å²) in [5, 5.41) is 8.19. The maximum absolute atomic E-state index is 13.2. The second-order valence-corrected chi connectivity index (χ2v) is 14.6. The molecule has 1 aromatic carbocycles.